The molecule has 1 saturated heterocycles. The van der Waals surface area contributed by atoms with Crippen molar-refractivity contribution in [3.63, 3.8) is 0 Å². The number of benzene rings is 2. The molecule has 5 rings (SSSR count). The summed E-state index contributed by atoms with van der Waals surface area (Å²) in [4.78, 5) is 22.6. The Morgan fingerprint density at radius 3 is 2.42 bits per heavy atom. The lowest BCUT2D eigenvalue weighted by Crippen LogP contribution is -2.42. The molecular formula is C31H40ClN9O3S. The fourth-order valence-corrected chi connectivity index (χ4v) is 6.90. The summed E-state index contributed by atoms with van der Waals surface area (Å²) in [6.07, 6.45) is 8.80. The number of nitrogens with one attached hydrogen (secondary N) is 2. The van der Waals surface area contributed by atoms with Crippen molar-refractivity contribution in [1.82, 2.24) is 24.8 Å². The first kappa shape index (κ1) is 32.5. The van der Waals surface area contributed by atoms with Gasteiger partial charge in [-0.1, -0.05) is 18.5 Å². The zero-order chi connectivity index (χ0) is 32.3. The SMILES string of the molecule is CCc1cc(Nc2ncc(Cl)c(Nc3ccc4nccnc4c3N(CC)S(C)(=O)=O)n2)c(OC)cc1N1CCC(N(C)C)CC1. The van der Waals surface area contributed by atoms with Crippen LogP contribution >= 0.6 is 11.6 Å². The maximum atomic E-state index is 12.8. The topological polar surface area (TPSA) is 129 Å². The van der Waals surface area contributed by atoms with E-state index in [1.54, 1.807) is 32.4 Å². The number of ether oxygens (including phenoxy) is 1. The van der Waals surface area contributed by atoms with Crippen molar-refractivity contribution in [2.75, 3.05) is 66.9 Å². The minimum atomic E-state index is -3.64. The molecule has 0 aliphatic carbocycles. The van der Waals surface area contributed by atoms with Crippen LogP contribution in [0.1, 0.15) is 32.3 Å². The van der Waals surface area contributed by atoms with Crippen LogP contribution in [0.4, 0.5) is 34.5 Å². The quantitative estimate of drug-likeness (QED) is 0.214. The van der Waals surface area contributed by atoms with E-state index in [2.05, 4.69) is 73.5 Å². The molecule has 0 atom stereocenters. The maximum Gasteiger partial charge on any atom is 0.232 e. The first-order valence-electron chi connectivity index (χ1n) is 14.9. The largest absolute Gasteiger partial charge is 0.494 e. The molecule has 240 valence electrons. The van der Waals surface area contributed by atoms with Gasteiger partial charge in [-0.2, -0.15) is 4.98 Å². The Kier molecular flexibility index (Phi) is 9.80. The summed E-state index contributed by atoms with van der Waals surface area (Å²) in [5, 5.41) is 6.78. The summed E-state index contributed by atoms with van der Waals surface area (Å²) in [6, 6.07) is 8.26. The standard InChI is InChI=1S/C31H40ClN9O3S/c1-7-20-17-25(27(44-5)18-26(20)40-15-11-21(12-16-40)39(3)4)37-31-35-19-22(32)30(38-31)36-24-10-9-23-28(34-14-13-33-23)29(24)41(8-2)45(6,42)43/h9-10,13-14,17-19,21H,7-8,11-12,15-16H2,1-6H3,(H2,35,36,37,38). The number of methoxy groups -OCH3 is 1. The van der Waals surface area contributed by atoms with Crippen LogP contribution in [-0.2, 0) is 16.4 Å². The molecule has 2 aromatic heterocycles. The normalized spacial score (nSPS) is 14.2. The summed E-state index contributed by atoms with van der Waals surface area (Å²) in [7, 11) is 2.30. The van der Waals surface area contributed by atoms with Crippen LogP contribution in [0.5, 0.6) is 5.75 Å². The van der Waals surface area contributed by atoms with E-state index in [1.165, 1.54) is 27.9 Å². The monoisotopic (exact) mass is 653 g/mol. The van der Waals surface area contributed by atoms with Gasteiger partial charge in [-0.15, -0.1) is 0 Å². The molecule has 0 spiro atoms. The summed E-state index contributed by atoms with van der Waals surface area (Å²) in [5.74, 6) is 1.25. The first-order chi connectivity index (χ1) is 21.5. The molecule has 1 aliphatic heterocycles. The molecule has 0 saturated carbocycles. The van der Waals surface area contributed by atoms with Crippen molar-refractivity contribution in [3.8, 4) is 5.75 Å². The Morgan fingerprint density at radius 1 is 1.04 bits per heavy atom. The van der Waals surface area contributed by atoms with Crippen LogP contribution in [0.15, 0.2) is 42.9 Å². The van der Waals surface area contributed by atoms with E-state index in [1.807, 2.05) is 0 Å². The fourth-order valence-electron chi connectivity index (χ4n) is 5.78. The minimum absolute atomic E-state index is 0.191. The number of sulfonamides is 1. The van der Waals surface area contributed by atoms with E-state index in [9.17, 15) is 8.42 Å². The fraction of sp³-hybridized carbons (Fsp3) is 0.419. The van der Waals surface area contributed by atoms with Crippen molar-refractivity contribution >= 4 is 67.2 Å². The molecule has 2 aromatic carbocycles. The van der Waals surface area contributed by atoms with Gasteiger partial charge >= 0.3 is 0 Å². The molecule has 0 unspecified atom stereocenters. The third-order valence-electron chi connectivity index (χ3n) is 8.11. The number of aromatic nitrogens is 4. The zero-order valence-electron chi connectivity index (χ0n) is 26.5. The van der Waals surface area contributed by atoms with Crippen LogP contribution < -0.4 is 24.6 Å². The summed E-state index contributed by atoms with van der Waals surface area (Å²) >= 11 is 6.56. The number of piperidine rings is 1. The van der Waals surface area contributed by atoms with Crippen LogP contribution in [0.3, 0.4) is 0 Å². The Hall–Kier alpha value is -3.94. The lowest BCUT2D eigenvalue weighted by atomic mass is 10.0. The molecule has 0 radical (unpaired) electrons. The van der Waals surface area contributed by atoms with Gasteiger partial charge in [0.05, 0.1) is 36.5 Å². The Bertz CT molecular complexity index is 1780. The molecule has 1 aliphatic rings. The average Bonchev–Trinajstić information content (AvgIpc) is 3.03. The number of rotatable bonds is 11. The number of anilines is 6. The van der Waals surface area contributed by atoms with Gasteiger partial charge in [-0.3, -0.25) is 14.3 Å². The van der Waals surface area contributed by atoms with E-state index < -0.39 is 10.0 Å². The highest BCUT2D eigenvalue weighted by molar-refractivity contribution is 7.92. The molecule has 12 nitrogen and oxygen atoms in total. The molecule has 14 heteroatoms. The van der Waals surface area contributed by atoms with Gasteiger partial charge in [0.25, 0.3) is 0 Å². The minimum Gasteiger partial charge on any atom is -0.494 e. The highest BCUT2D eigenvalue weighted by atomic mass is 35.5. The van der Waals surface area contributed by atoms with Gasteiger partial charge in [-0.25, -0.2) is 13.4 Å². The lowest BCUT2D eigenvalue weighted by Gasteiger charge is -2.37. The van der Waals surface area contributed by atoms with E-state index in [0.717, 1.165) is 44.3 Å². The number of hydrogen-bond donors (Lipinski definition) is 2. The highest BCUT2D eigenvalue weighted by Crippen LogP contribution is 2.39. The van der Waals surface area contributed by atoms with Crippen molar-refractivity contribution in [2.24, 2.45) is 0 Å². The molecule has 3 heterocycles. The number of aryl methyl sites for hydroxylation is 1. The van der Waals surface area contributed by atoms with E-state index in [0.29, 0.717) is 46.0 Å². The molecule has 0 bridgehead atoms. The molecule has 45 heavy (non-hydrogen) atoms. The summed E-state index contributed by atoms with van der Waals surface area (Å²) < 4.78 is 32.7. The van der Waals surface area contributed by atoms with E-state index in [4.69, 9.17) is 16.3 Å². The van der Waals surface area contributed by atoms with Crippen molar-refractivity contribution in [1.29, 1.82) is 0 Å². The smallest absolute Gasteiger partial charge is 0.232 e. The second kappa shape index (κ2) is 13.6. The molecule has 0 amide bonds. The highest BCUT2D eigenvalue weighted by Gasteiger charge is 2.25. The summed E-state index contributed by atoms with van der Waals surface area (Å²) in [6.45, 7) is 6.06. The Morgan fingerprint density at radius 2 is 1.78 bits per heavy atom. The molecule has 2 N–H and O–H groups in total. The van der Waals surface area contributed by atoms with Crippen LogP contribution in [0, 0.1) is 0 Å². The lowest BCUT2D eigenvalue weighted by molar-refractivity contribution is 0.249. The van der Waals surface area contributed by atoms with Gasteiger partial charge < -0.3 is 25.2 Å². The predicted molar refractivity (Wildman–Crippen MR) is 182 cm³/mol. The van der Waals surface area contributed by atoms with Gasteiger partial charge in [-0.05, 0) is 64.0 Å². The first-order valence-corrected chi connectivity index (χ1v) is 17.2. The van der Waals surface area contributed by atoms with Gasteiger partial charge in [0, 0.05) is 49.8 Å². The Labute approximate surface area is 269 Å². The third-order valence-corrected chi connectivity index (χ3v) is 9.63. The van der Waals surface area contributed by atoms with Crippen LogP contribution in [0.2, 0.25) is 5.02 Å². The van der Waals surface area contributed by atoms with Crippen molar-refractivity contribution < 1.29 is 13.2 Å². The van der Waals surface area contributed by atoms with Crippen LogP contribution in [-0.4, -0.2) is 86.4 Å². The van der Waals surface area contributed by atoms with E-state index >= 15 is 0 Å². The Balaban J connectivity index is 1.47. The molecule has 1 fully saturated rings. The third kappa shape index (κ3) is 7.00. The van der Waals surface area contributed by atoms with Crippen molar-refractivity contribution in [2.45, 2.75) is 39.2 Å². The second-order valence-electron chi connectivity index (χ2n) is 11.2. The van der Waals surface area contributed by atoms with Gasteiger partial charge in [0.2, 0.25) is 16.0 Å². The summed E-state index contributed by atoms with van der Waals surface area (Å²) in [5.41, 5.74) is 4.89. The van der Waals surface area contributed by atoms with E-state index in [-0.39, 0.29) is 11.6 Å². The predicted octanol–water partition coefficient (Wildman–Crippen LogP) is 5.45. The number of halogens is 1. The number of fused-ring (bicyclic) bond motifs is 1. The van der Waals surface area contributed by atoms with Gasteiger partial charge in [0.1, 0.15) is 22.0 Å². The van der Waals surface area contributed by atoms with Crippen molar-refractivity contribution in [3.05, 3.63) is 53.4 Å². The van der Waals surface area contributed by atoms with Crippen LogP contribution in [0.25, 0.3) is 11.0 Å². The number of nitrogens with zero attached hydrogens (tertiary/aromatic N) is 7. The number of hydrogen-bond acceptors (Lipinski definition) is 11. The average molecular weight is 654 g/mol. The second-order valence-corrected chi connectivity index (χ2v) is 13.5. The van der Waals surface area contributed by atoms with Gasteiger partial charge in [0.15, 0.2) is 5.82 Å². The molecule has 4 aromatic rings. The maximum absolute atomic E-state index is 12.8. The molecular weight excluding hydrogens is 614 g/mol. The zero-order valence-corrected chi connectivity index (χ0v) is 28.1.